The summed E-state index contributed by atoms with van der Waals surface area (Å²) < 4.78 is 31.7. The number of amides is 3. The highest BCUT2D eigenvalue weighted by atomic mass is 19.1. The van der Waals surface area contributed by atoms with Crippen molar-refractivity contribution < 1.29 is 23.1 Å². The van der Waals surface area contributed by atoms with Crippen molar-refractivity contribution in [3.05, 3.63) is 59.7 Å². The predicted octanol–water partition coefficient (Wildman–Crippen LogP) is 2.38. The van der Waals surface area contributed by atoms with Crippen LogP contribution in [0.4, 0.5) is 19.3 Å². The normalized spacial score (nSPS) is 19.0. The molecule has 1 aliphatic heterocycles. The van der Waals surface area contributed by atoms with Crippen LogP contribution in [-0.4, -0.2) is 31.6 Å². The summed E-state index contributed by atoms with van der Waals surface area (Å²) in [6, 6.07) is 8.40. The average Bonchev–Trinajstić information content (AvgIpc) is 2.98. The van der Waals surface area contributed by atoms with E-state index in [2.05, 4.69) is 16.0 Å². The maximum atomic E-state index is 13.6. The standard InChI is InChI=1S/C18H17F2N3O3/c1-26-12-5-2-10(3-6-12)13-9-21-17(24)16(13)23-18(25)22-15-7-4-11(19)8-14(15)20/h2-8,13,16H,9H2,1H3,(H,21,24)(H2,22,23,25)/t13-,16-/m0/s1. The molecule has 1 fully saturated rings. The number of hydrogen-bond acceptors (Lipinski definition) is 3. The topological polar surface area (TPSA) is 79.5 Å². The van der Waals surface area contributed by atoms with Crippen LogP contribution in [0.3, 0.4) is 0 Å². The summed E-state index contributed by atoms with van der Waals surface area (Å²) in [5.41, 5.74) is 0.672. The van der Waals surface area contributed by atoms with Crippen molar-refractivity contribution in [2.45, 2.75) is 12.0 Å². The lowest BCUT2D eigenvalue weighted by molar-refractivity contribution is -0.120. The van der Waals surface area contributed by atoms with Gasteiger partial charge >= 0.3 is 6.03 Å². The first kappa shape index (κ1) is 17.7. The molecule has 0 aromatic heterocycles. The monoisotopic (exact) mass is 361 g/mol. The lowest BCUT2D eigenvalue weighted by Gasteiger charge is -2.19. The smallest absolute Gasteiger partial charge is 0.319 e. The summed E-state index contributed by atoms with van der Waals surface area (Å²) in [5, 5.41) is 7.52. The molecule has 3 rings (SSSR count). The van der Waals surface area contributed by atoms with Gasteiger partial charge in [0.25, 0.3) is 0 Å². The Bertz CT molecular complexity index is 827. The maximum absolute atomic E-state index is 13.6. The molecule has 1 aliphatic rings. The summed E-state index contributed by atoms with van der Waals surface area (Å²) >= 11 is 0. The van der Waals surface area contributed by atoms with E-state index in [1.165, 1.54) is 0 Å². The van der Waals surface area contributed by atoms with E-state index >= 15 is 0 Å². The Morgan fingerprint density at radius 1 is 1.19 bits per heavy atom. The van der Waals surface area contributed by atoms with Crippen LogP contribution in [0, 0.1) is 11.6 Å². The van der Waals surface area contributed by atoms with Gasteiger partial charge < -0.3 is 20.7 Å². The number of rotatable bonds is 4. The van der Waals surface area contributed by atoms with Crippen LogP contribution in [0.5, 0.6) is 5.75 Å². The second-order valence-electron chi connectivity index (χ2n) is 5.83. The van der Waals surface area contributed by atoms with Gasteiger partial charge in [-0.15, -0.1) is 0 Å². The maximum Gasteiger partial charge on any atom is 0.319 e. The number of urea groups is 1. The van der Waals surface area contributed by atoms with Crippen LogP contribution in [0.15, 0.2) is 42.5 Å². The van der Waals surface area contributed by atoms with E-state index in [9.17, 15) is 18.4 Å². The van der Waals surface area contributed by atoms with Crippen molar-refractivity contribution in [3.63, 3.8) is 0 Å². The first-order valence-electron chi connectivity index (χ1n) is 7.92. The number of methoxy groups -OCH3 is 1. The van der Waals surface area contributed by atoms with Gasteiger partial charge in [0, 0.05) is 18.5 Å². The Morgan fingerprint density at radius 2 is 1.92 bits per heavy atom. The molecule has 2 aromatic rings. The number of hydrogen-bond donors (Lipinski definition) is 3. The van der Waals surface area contributed by atoms with E-state index in [1.807, 2.05) is 12.1 Å². The Morgan fingerprint density at radius 3 is 2.58 bits per heavy atom. The van der Waals surface area contributed by atoms with E-state index in [1.54, 1.807) is 19.2 Å². The van der Waals surface area contributed by atoms with Crippen LogP contribution in [-0.2, 0) is 4.79 Å². The fraction of sp³-hybridized carbons (Fsp3) is 0.222. The molecular weight excluding hydrogens is 344 g/mol. The van der Waals surface area contributed by atoms with Gasteiger partial charge in [0.05, 0.1) is 12.8 Å². The lowest BCUT2D eigenvalue weighted by Crippen LogP contribution is -2.44. The third-order valence-electron chi connectivity index (χ3n) is 4.19. The first-order valence-corrected chi connectivity index (χ1v) is 7.92. The second kappa shape index (κ2) is 7.38. The Kier molecular flexibility index (Phi) is 5.01. The predicted molar refractivity (Wildman–Crippen MR) is 91.0 cm³/mol. The molecule has 0 unspecified atom stereocenters. The molecule has 6 nitrogen and oxygen atoms in total. The second-order valence-corrected chi connectivity index (χ2v) is 5.83. The molecule has 2 aromatic carbocycles. The number of nitrogens with one attached hydrogen (secondary N) is 3. The van der Waals surface area contributed by atoms with Crippen molar-refractivity contribution in [1.29, 1.82) is 0 Å². The molecular formula is C18H17F2N3O3. The van der Waals surface area contributed by atoms with Crippen molar-refractivity contribution in [1.82, 2.24) is 10.6 Å². The average molecular weight is 361 g/mol. The minimum absolute atomic E-state index is 0.177. The van der Waals surface area contributed by atoms with Gasteiger partial charge in [-0.1, -0.05) is 12.1 Å². The van der Waals surface area contributed by atoms with Gasteiger partial charge in [0.2, 0.25) is 5.91 Å². The van der Waals surface area contributed by atoms with Crippen molar-refractivity contribution in [2.24, 2.45) is 0 Å². The van der Waals surface area contributed by atoms with Gasteiger partial charge in [-0.2, -0.15) is 0 Å². The number of benzene rings is 2. The molecule has 0 saturated carbocycles. The molecule has 26 heavy (non-hydrogen) atoms. The van der Waals surface area contributed by atoms with E-state index < -0.39 is 23.7 Å². The van der Waals surface area contributed by atoms with E-state index in [0.29, 0.717) is 18.4 Å². The fourth-order valence-corrected chi connectivity index (χ4v) is 2.84. The molecule has 3 N–H and O–H groups in total. The summed E-state index contributed by atoms with van der Waals surface area (Å²) in [5.74, 6) is -1.58. The quantitative estimate of drug-likeness (QED) is 0.782. The zero-order chi connectivity index (χ0) is 18.7. The summed E-state index contributed by atoms with van der Waals surface area (Å²) in [6.07, 6.45) is 0. The van der Waals surface area contributed by atoms with Gasteiger partial charge in [-0.05, 0) is 29.8 Å². The third-order valence-corrected chi connectivity index (χ3v) is 4.19. The van der Waals surface area contributed by atoms with E-state index in [4.69, 9.17) is 4.74 Å². The van der Waals surface area contributed by atoms with Crippen LogP contribution in [0.2, 0.25) is 0 Å². The van der Waals surface area contributed by atoms with Crippen molar-refractivity contribution in [2.75, 3.05) is 19.0 Å². The van der Waals surface area contributed by atoms with E-state index in [0.717, 1.165) is 17.7 Å². The van der Waals surface area contributed by atoms with Gasteiger partial charge in [0.1, 0.15) is 23.4 Å². The molecule has 0 spiro atoms. The van der Waals surface area contributed by atoms with Gasteiger partial charge in [-0.25, -0.2) is 13.6 Å². The summed E-state index contributed by atoms with van der Waals surface area (Å²) in [7, 11) is 1.55. The molecule has 8 heteroatoms. The number of carbonyl (C=O) groups is 2. The number of halogens is 2. The van der Waals surface area contributed by atoms with E-state index in [-0.39, 0.29) is 17.5 Å². The lowest BCUT2D eigenvalue weighted by atomic mass is 9.94. The van der Waals surface area contributed by atoms with Crippen molar-refractivity contribution in [3.8, 4) is 5.75 Å². The summed E-state index contributed by atoms with van der Waals surface area (Å²) in [6.45, 7) is 0.362. The Labute approximate surface area is 148 Å². The molecule has 0 bridgehead atoms. The largest absolute Gasteiger partial charge is 0.497 e. The zero-order valence-electron chi connectivity index (χ0n) is 13.9. The third kappa shape index (κ3) is 3.74. The molecule has 136 valence electrons. The highest BCUT2D eigenvalue weighted by Crippen LogP contribution is 2.26. The number of carbonyl (C=O) groups excluding carboxylic acids is 2. The first-order chi connectivity index (χ1) is 12.5. The molecule has 0 aliphatic carbocycles. The number of ether oxygens (including phenoxy) is 1. The highest BCUT2D eigenvalue weighted by molar-refractivity contribution is 5.95. The molecule has 1 saturated heterocycles. The summed E-state index contributed by atoms with van der Waals surface area (Å²) in [4.78, 5) is 24.2. The van der Waals surface area contributed by atoms with Gasteiger partial charge in [-0.3, -0.25) is 4.79 Å². The van der Waals surface area contributed by atoms with Crippen LogP contribution in [0.25, 0.3) is 0 Å². The molecule has 3 amide bonds. The Balaban J connectivity index is 1.71. The van der Waals surface area contributed by atoms with Crippen LogP contribution in [0.1, 0.15) is 11.5 Å². The minimum Gasteiger partial charge on any atom is -0.497 e. The molecule has 0 radical (unpaired) electrons. The van der Waals surface area contributed by atoms with Crippen LogP contribution >= 0.6 is 0 Å². The molecule has 1 heterocycles. The molecule has 2 atom stereocenters. The SMILES string of the molecule is COc1ccc([C@@H]2CNC(=O)[C@H]2NC(=O)Nc2ccc(F)cc2F)cc1. The minimum atomic E-state index is -0.900. The van der Waals surface area contributed by atoms with Gasteiger partial charge in [0.15, 0.2) is 0 Å². The Hall–Kier alpha value is -3.16. The fourth-order valence-electron chi connectivity index (χ4n) is 2.84. The van der Waals surface area contributed by atoms with Crippen molar-refractivity contribution >= 4 is 17.6 Å². The number of anilines is 1. The zero-order valence-corrected chi connectivity index (χ0v) is 13.9. The van der Waals surface area contributed by atoms with Crippen LogP contribution < -0.4 is 20.7 Å². The highest BCUT2D eigenvalue weighted by Gasteiger charge is 2.36.